The Morgan fingerprint density at radius 1 is 0.962 bits per heavy atom. The molecule has 2 aromatic rings. The summed E-state index contributed by atoms with van der Waals surface area (Å²) in [5.41, 5.74) is 1.18. The maximum atomic E-state index is 13.1. The molecule has 0 N–H and O–H groups in total. The number of para-hydroxylation sites is 1. The second-order valence-corrected chi connectivity index (χ2v) is 6.57. The zero-order valence-electron chi connectivity index (χ0n) is 13.8. The summed E-state index contributed by atoms with van der Waals surface area (Å²) in [5.74, 6) is -2.07. The lowest BCUT2D eigenvalue weighted by Gasteiger charge is -2.22. The van der Waals surface area contributed by atoms with E-state index in [1.54, 1.807) is 54.6 Å². The summed E-state index contributed by atoms with van der Waals surface area (Å²) in [6, 6.07) is 14.6. The van der Waals surface area contributed by atoms with Gasteiger partial charge in [0.15, 0.2) is 5.78 Å². The number of amides is 2. The zero-order valence-corrected chi connectivity index (χ0v) is 14.6. The summed E-state index contributed by atoms with van der Waals surface area (Å²) < 4.78 is 0. The molecular weight excluding hydrogens is 354 g/mol. The van der Waals surface area contributed by atoms with Gasteiger partial charge in [0.2, 0.25) is 5.91 Å². The molecule has 0 spiro atoms. The Bertz CT molecular complexity index is 940. The number of benzene rings is 2. The van der Waals surface area contributed by atoms with E-state index in [2.05, 4.69) is 5.10 Å². The van der Waals surface area contributed by atoms with Gasteiger partial charge in [-0.25, -0.2) is 4.90 Å². The molecular formula is C19H14ClN3O3. The van der Waals surface area contributed by atoms with E-state index in [-0.39, 0.29) is 11.5 Å². The summed E-state index contributed by atoms with van der Waals surface area (Å²) in [4.78, 5) is 39.2. The standard InChI is InChI=1S/C19H14ClN3O3/c1-11(24)16-15-17(23(21-16)14-9-7-12(20)8-10-14)19(26)22(18(15)25)13-5-3-2-4-6-13/h2-10,15,17H,1H3. The van der Waals surface area contributed by atoms with Crippen molar-refractivity contribution in [1.29, 1.82) is 0 Å². The average Bonchev–Trinajstić information content (AvgIpc) is 3.14. The minimum absolute atomic E-state index is 0.0988. The van der Waals surface area contributed by atoms with Gasteiger partial charge in [0.1, 0.15) is 17.7 Å². The largest absolute Gasteiger partial charge is 0.293 e. The van der Waals surface area contributed by atoms with Gasteiger partial charge in [0, 0.05) is 11.9 Å². The van der Waals surface area contributed by atoms with Gasteiger partial charge in [-0.3, -0.25) is 19.4 Å². The third-order valence-electron chi connectivity index (χ3n) is 4.52. The van der Waals surface area contributed by atoms with Crippen LogP contribution in [0.15, 0.2) is 59.7 Å². The van der Waals surface area contributed by atoms with E-state index in [0.29, 0.717) is 16.4 Å². The summed E-state index contributed by atoms with van der Waals surface area (Å²) in [5, 5.41) is 6.28. The van der Waals surface area contributed by atoms with Crippen molar-refractivity contribution in [2.75, 3.05) is 9.91 Å². The number of Topliss-reactive ketones (excluding diaryl/α,β-unsaturated/α-hetero) is 1. The second kappa shape index (κ2) is 6.07. The SMILES string of the molecule is CC(=O)C1=NN(c2ccc(Cl)cc2)C2C(=O)N(c3ccccc3)C(=O)C12. The van der Waals surface area contributed by atoms with Gasteiger partial charge in [-0.15, -0.1) is 0 Å². The van der Waals surface area contributed by atoms with Gasteiger partial charge in [0.05, 0.1) is 11.4 Å². The lowest BCUT2D eigenvalue weighted by atomic mass is 9.95. The third-order valence-corrected chi connectivity index (χ3v) is 4.77. The lowest BCUT2D eigenvalue weighted by molar-refractivity contribution is -0.122. The first-order valence-corrected chi connectivity index (χ1v) is 8.44. The first-order chi connectivity index (χ1) is 12.5. The van der Waals surface area contributed by atoms with E-state index in [1.165, 1.54) is 11.9 Å². The maximum absolute atomic E-state index is 13.1. The smallest absolute Gasteiger partial charge is 0.259 e. The van der Waals surface area contributed by atoms with Crippen molar-refractivity contribution in [1.82, 2.24) is 0 Å². The van der Waals surface area contributed by atoms with Gasteiger partial charge >= 0.3 is 0 Å². The maximum Gasteiger partial charge on any atom is 0.259 e. The summed E-state index contributed by atoms with van der Waals surface area (Å²) in [6.07, 6.45) is 0. The van der Waals surface area contributed by atoms with Crippen LogP contribution in [0.2, 0.25) is 5.02 Å². The van der Waals surface area contributed by atoms with Crippen molar-refractivity contribution in [3.05, 3.63) is 59.6 Å². The summed E-state index contributed by atoms with van der Waals surface area (Å²) in [6.45, 7) is 1.35. The molecule has 2 unspecified atom stereocenters. The lowest BCUT2D eigenvalue weighted by Crippen LogP contribution is -2.39. The number of halogens is 1. The van der Waals surface area contributed by atoms with Gasteiger partial charge in [0.25, 0.3) is 5.91 Å². The number of hydrazone groups is 1. The molecule has 4 rings (SSSR count). The molecule has 6 nitrogen and oxygen atoms in total. The number of nitrogens with zero attached hydrogens (tertiary/aromatic N) is 3. The monoisotopic (exact) mass is 367 g/mol. The number of anilines is 2. The van der Waals surface area contributed by atoms with E-state index in [1.807, 2.05) is 0 Å². The zero-order chi connectivity index (χ0) is 18.4. The van der Waals surface area contributed by atoms with Gasteiger partial charge in [-0.2, -0.15) is 5.10 Å². The van der Waals surface area contributed by atoms with E-state index in [0.717, 1.165) is 4.90 Å². The topological polar surface area (TPSA) is 70.1 Å². The number of ketones is 1. The number of carbonyl (C=O) groups is 3. The summed E-state index contributed by atoms with van der Waals surface area (Å²) in [7, 11) is 0. The predicted octanol–water partition coefficient (Wildman–Crippen LogP) is 2.66. The molecule has 130 valence electrons. The van der Waals surface area contributed by atoms with Crippen molar-refractivity contribution in [3.8, 4) is 0 Å². The Labute approximate surface area is 154 Å². The van der Waals surface area contributed by atoms with Crippen LogP contribution in [-0.2, 0) is 14.4 Å². The molecule has 0 saturated carbocycles. The fourth-order valence-electron chi connectivity index (χ4n) is 3.34. The normalized spacial score (nSPS) is 21.8. The van der Waals surface area contributed by atoms with Crippen LogP contribution in [0.3, 0.4) is 0 Å². The molecule has 0 aliphatic carbocycles. The molecule has 2 heterocycles. The first kappa shape index (κ1) is 16.5. The van der Waals surface area contributed by atoms with E-state index in [9.17, 15) is 14.4 Å². The van der Waals surface area contributed by atoms with Crippen LogP contribution in [0, 0.1) is 5.92 Å². The number of fused-ring (bicyclic) bond motifs is 1. The molecule has 1 fully saturated rings. The molecule has 7 heteroatoms. The summed E-state index contributed by atoms with van der Waals surface area (Å²) >= 11 is 5.93. The molecule has 2 aromatic carbocycles. The van der Waals surface area contributed by atoms with Gasteiger partial charge in [-0.1, -0.05) is 29.8 Å². The highest BCUT2D eigenvalue weighted by molar-refractivity contribution is 6.48. The van der Waals surface area contributed by atoms with Crippen LogP contribution >= 0.6 is 11.6 Å². The van der Waals surface area contributed by atoms with Crippen LogP contribution in [0.25, 0.3) is 0 Å². The fraction of sp³-hybridized carbons (Fsp3) is 0.158. The third kappa shape index (κ3) is 2.42. The van der Waals surface area contributed by atoms with Crippen molar-refractivity contribution in [3.63, 3.8) is 0 Å². The van der Waals surface area contributed by atoms with Crippen molar-refractivity contribution in [2.45, 2.75) is 13.0 Å². The Balaban J connectivity index is 1.80. The van der Waals surface area contributed by atoms with Crippen LogP contribution in [0.4, 0.5) is 11.4 Å². The fourth-order valence-corrected chi connectivity index (χ4v) is 3.47. The molecule has 0 aromatic heterocycles. The van der Waals surface area contributed by atoms with E-state index < -0.39 is 23.8 Å². The molecule has 0 radical (unpaired) electrons. The number of imide groups is 1. The van der Waals surface area contributed by atoms with Crippen LogP contribution in [0.5, 0.6) is 0 Å². The second-order valence-electron chi connectivity index (χ2n) is 6.13. The Morgan fingerprint density at radius 3 is 2.23 bits per heavy atom. The Morgan fingerprint density at radius 2 is 1.62 bits per heavy atom. The van der Waals surface area contributed by atoms with Crippen molar-refractivity contribution in [2.24, 2.45) is 11.0 Å². The number of rotatable bonds is 3. The minimum atomic E-state index is -0.907. The average molecular weight is 368 g/mol. The minimum Gasteiger partial charge on any atom is -0.293 e. The Hall–Kier alpha value is -2.99. The van der Waals surface area contributed by atoms with Gasteiger partial charge < -0.3 is 0 Å². The van der Waals surface area contributed by atoms with E-state index >= 15 is 0 Å². The highest BCUT2D eigenvalue weighted by atomic mass is 35.5. The Kier molecular flexibility index (Phi) is 3.85. The highest BCUT2D eigenvalue weighted by Crippen LogP contribution is 2.38. The number of hydrogen-bond donors (Lipinski definition) is 0. The molecule has 2 amide bonds. The molecule has 2 atom stereocenters. The van der Waals surface area contributed by atoms with Crippen molar-refractivity contribution >= 4 is 46.3 Å². The molecule has 2 aliphatic rings. The predicted molar refractivity (Wildman–Crippen MR) is 98.3 cm³/mol. The molecule has 0 bridgehead atoms. The number of carbonyl (C=O) groups excluding carboxylic acids is 3. The molecule has 1 saturated heterocycles. The number of hydrogen-bond acceptors (Lipinski definition) is 5. The van der Waals surface area contributed by atoms with Crippen LogP contribution in [-0.4, -0.2) is 29.4 Å². The van der Waals surface area contributed by atoms with Gasteiger partial charge in [-0.05, 0) is 36.4 Å². The quantitative estimate of drug-likeness (QED) is 0.782. The van der Waals surface area contributed by atoms with Crippen molar-refractivity contribution < 1.29 is 14.4 Å². The molecule has 2 aliphatic heterocycles. The van der Waals surface area contributed by atoms with Crippen LogP contribution in [0.1, 0.15) is 6.92 Å². The highest BCUT2D eigenvalue weighted by Gasteiger charge is 2.58. The van der Waals surface area contributed by atoms with E-state index in [4.69, 9.17) is 11.6 Å². The first-order valence-electron chi connectivity index (χ1n) is 8.06. The molecule has 26 heavy (non-hydrogen) atoms. The van der Waals surface area contributed by atoms with Crippen LogP contribution < -0.4 is 9.91 Å².